The van der Waals surface area contributed by atoms with E-state index in [1.54, 1.807) is 22.8 Å². The summed E-state index contributed by atoms with van der Waals surface area (Å²) in [6.45, 7) is 10.4. The van der Waals surface area contributed by atoms with Gasteiger partial charge in [-0.1, -0.05) is 56.7 Å². The maximum absolute atomic E-state index is 14.4. The molecule has 3 saturated heterocycles. The van der Waals surface area contributed by atoms with Crippen molar-refractivity contribution in [2.45, 2.75) is 82.6 Å². The van der Waals surface area contributed by atoms with Gasteiger partial charge in [-0.15, -0.1) is 6.58 Å². The molecule has 38 heavy (non-hydrogen) atoms. The van der Waals surface area contributed by atoms with E-state index in [0.717, 1.165) is 18.4 Å². The summed E-state index contributed by atoms with van der Waals surface area (Å²) < 4.78 is 12.3. The van der Waals surface area contributed by atoms with Crippen molar-refractivity contribution >= 4 is 17.8 Å². The molecule has 3 aliphatic rings. The van der Waals surface area contributed by atoms with Gasteiger partial charge >= 0.3 is 5.97 Å². The van der Waals surface area contributed by atoms with E-state index in [9.17, 15) is 19.5 Å². The normalized spacial score (nSPS) is 30.3. The number of aliphatic hydroxyl groups is 1. The topological polar surface area (TPSA) is 96.4 Å². The van der Waals surface area contributed by atoms with Crippen LogP contribution in [0.3, 0.4) is 0 Å². The molecule has 2 unspecified atom stereocenters. The van der Waals surface area contributed by atoms with Gasteiger partial charge in [0.05, 0.1) is 30.8 Å². The van der Waals surface area contributed by atoms with Crippen LogP contribution in [0.2, 0.25) is 0 Å². The van der Waals surface area contributed by atoms with Crippen molar-refractivity contribution in [2.24, 2.45) is 11.8 Å². The van der Waals surface area contributed by atoms with Gasteiger partial charge in [0.15, 0.2) is 0 Å². The van der Waals surface area contributed by atoms with Crippen LogP contribution in [-0.2, 0) is 30.3 Å². The van der Waals surface area contributed by atoms with Crippen molar-refractivity contribution in [1.29, 1.82) is 0 Å². The van der Waals surface area contributed by atoms with Gasteiger partial charge < -0.3 is 24.4 Å². The second-order valence-electron chi connectivity index (χ2n) is 10.8. The van der Waals surface area contributed by atoms with Crippen molar-refractivity contribution in [3.63, 3.8) is 0 Å². The molecule has 3 heterocycles. The van der Waals surface area contributed by atoms with Crippen molar-refractivity contribution in [2.75, 3.05) is 26.3 Å². The first kappa shape index (κ1) is 28.3. The average Bonchev–Trinajstić information content (AvgIpc) is 3.53. The Morgan fingerprint density at radius 1 is 1.26 bits per heavy atom. The summed E-state index contributed by atoms with van der Waals surface area (Å²) in [5.74, 6) is -2.57. The predicted octanol–water partition coefficient (Wildman–Crippen LogP) is 3.12. The summed E-state index contributed by atoms with van der Waals surface area (Å²) in [6, 6.07) is 8.04. The number of hydrogen-bond donors (Lipinski definition) is 1. The molecule has 2 bridgehead atoms. The lowest BCUT2D eigenvalue weighted by molar-refractivity contribution is -0.163. The van der Waals surface area contributed by atoms with Gasteiger partial charge in [0, 0.05) is 13.1 Å². The zero-order valence-electron chi connectivity index (χ0n) is 22.9. The summed E-state index contributed by atoms with van der Waals surface area (Å²) in [6.07, 6.45) is 5.42. The second kappa shape index (κ2) is 11.6. The lowest BCUT2D eigenvalue weighted by Gasteiger charge is -2.39. The number of unbranched alkanes of at least 4 members (excludes halogenated alkanes) is 1. The van der Waals surface area contributed by atoms with Crippen molar-refractivity contribution in [3.8, 4) is 0 Å². The molecule has 0 aromatic heterocycles. The number of rotatable bonds is 13. The molecule has 0 radical (unpaired) electrons. The van der Waals surface area contributed by atoms with Crippen LogP contribution in [0.25, 0.3) is 0 Å². The zero-order chi connectivity index (χ0) is 27.5. The quantitative estimate of drug-likeness (QED) is 0.313. The number of nitrogens with zero attached hydrogens (tertiary/aromatic N) is 2. The summed E-state index contributed by atoms with van der Waals surface area (Å²) in [5.41, 5.74) is -1.03. The fraction of sp³-hybridized carbons (Fsp3) is 0.633. The van der Waals surface area contributed by atoms with Crippen LogP contribution in [0.5, 0.6) is 0 Å². The number of benzene rings is 1. The van der Waals surface area contributed by atoms with Gasteiger partial charge in [-0.25, -0.2) is 0 Å². The Bertz CT molecular complexity index is 1030. The van der Waals surface area contributed by atoms with Gasteiger partial charge in [-0.05, 0) is 44.6 Å². The number of likely N-dealkylation sites (tertiary alicyclic amines) is 1. The monoisotopic (exact) mass is 526 g/mol. The average molecular weight is 527 g/mol. The van der Waals surface area contributed by atoms with Crippen molar-refractivity contribution in [1.82, 2.24) is 9.80 Å². The van der Waals surface area contributed by atoms with E-state index in [4.69, 9.17) is 9.47 Å². The molecule has 2 amide bonds. The van der Waals surface area contributed by atoms with Gasteiger partial charge in [0.2, 0.25) is 11.8 Å². The molecule has 3 fully saturated rings. The van der Waals surface area contributed by atoms with Crippen LogP contribution in [-0.4, -0.2) is 82.3 Å². The third kappa shape index (κ3) is 4.56. The van der Waals surface area contributed by atoms with Crippen LogP contribution >= 0.6 is 0 Å². The van der Waals surface area contributed by atoms with Crippen LogP contribution in [0.4, 0.5) is 0 Å². The lowest BCUT2D eigenvalue weighted by atomic mass is 9.65. The third-order valence-electron chi connectivity index (χ3n) is 8.75. The maximum Gasteiger partial charge on any atom is 0.312 e. The van der Waals surface area contributed by atoms with E-state index in [0.29, 0.717) is 38.8 Å². The number of ether oxygens (including phenoxy) is 2. The fourth-order valence-corrected chi connectivity index (χ4v) is 7.03. The SMILES string of the molecule is C=CCN(CCCC)C(=O)C1N([C@@H](CO)Cc2ccccc2)C(=O)[C@@H]2[C@H](C(=O)OCC)[C@]3(CC)CCC12O3. The molecule has 0 aliphatic carbocycles. The highest BCUT2D eigenvalue weighted by Crippen LogP contribution is 2.64. The van der Waals surface area contributed by atoms with Crippen LogP contribution in [0.15, 0.2) is 43.0 Å². The van der Waals surface area contributed by atoms with Crippen LogP contribution in [0.1, 0.15) is 58.4 Å². The molecule has 1 N–H and O–H groups in total. The summed E-state index contributed by atoms with van der Waals surface area (Å²) >= 11 is 0. The minimum atomic E-state index is -1.14. The number of amides is 2. The maximum atomic E-state index is 14.4. The Hall–Kier alpha value is -2.71. The number of carbonyl (C=O) groups is 3. The Labute approximate surface area is 226 Å². The smallest absolute Gasteiger partial charge is 0.312 e. The zero-order valence-corrected chi connectivity index (χ0v) is 22.9. The predicted molar refractivity (Wildman–Crippen MR) is 143 cm³/mol. The van der Waals surface area contributed by atoms with E-state index < -0.39 is 41.1 Å². The highest BCUT2D eigenvalue weighted by Gasteiger charge is 2.79. The molecule has 8 heteroatoms. The molecule has 1 aromatic rings. The number of esters is 1. The number of fused-ring (bicyclic) bond motifs is 1. The second-order valence-corrected chi connectivity index (χ2v) is 10.8. The molecule has 3 aliphatic heterocycles. The molecule has 4 rings (SSSR count). The molecular weight excluding hydrogens is 484 g/mol. The Morgan fingerprint density at radius 3 is 2.61 bits per heavy atom. The molecule has 1 aromatic carbocycles. The van der Waals surface area contributed by atoms with Crippen molar-refractivity contribution < 1.29 is 29.0 Å². The minimum Gasteiger partial charge on any atom is -0.466 e. The highest BCUT2D eigenvalue weighted by molar-refractivity contribution is 5.98. The molecule has 208 valence electrons. The first-order valence-electron chi connectivity index (χ1n) is 14.1. The lowest BCUT2D eigenvalue weighted by Crippen LogP contribution is -2.59. The van der Waals surface area contributed by atoms with Gasteiger partial charge in [-0.2, -0.15) is 0 Å². The molecule has 8 nitrogen and oxygen atoms in total. The van der Waals surface area contributed by atoms with Gasteiger partial charge in [0.1, 0.15) is 17.6 Å². The molecule has 0 saturated carbocycles. The number of aliphatic hydroxyl groups excluding tert-OH is 1. The third-order valence-corrected chi connectivity index (χ3v) is 8.75. The van der Waals surface area contributed by atoms with E-state index in [-0.39, 0.29) is 25.0 Å². The summed E-state index contributed by atoms with van der Waals surface area (Å²) in [4.78, 5) is 45.4. The van der Waals surface area contributed by atoms with Crippen molar-refractivity contribution in [3.05, 3.63) is 48.6 Å². The van der Waals surface area contributed by atoms with Crippen LogP contribution in [0, 0.1) is 11.8 Å². The number of carbonyl (C=O) groups excluding carboxylic acids is 3. The van der Waals surface area contributed by atoms with Crippen LogP contribution < -0.4 is 0 Å². The minimum absolute atomic E-state index is 0.201. The highest BCUT2D eigenvalue weighted by atomic mass is 16.6. The molecule has 1 spiro atoms. The number of hydrogen-bond acceptors (Lipinski definition) is 6. The largest absolute Gasteiger partial charge is 0.466 e. The molecular formula is C30H42N2O6. The first-order valence-corrected chi connectivity index (χ1v) is 14.1. The van der Waals surface area contributed by atoms with E-state index >= 15 is 0 Å². The summed E-state index contributed by atoms with van der Waals surface area (Å²) in [7, 11) is 0. The van der Waals surface area contributed by atoms with E-state index in [1.165, 1.54) is 0 Å². The van der Waals surface area contributed by atoms with Gasteiger partial charge in [-0.3, -0.25) is 14.4 Å². The van der Waals surface area contributed by atoms with E-state index in [2.05, 4.69) is 13.5 Å². The molecule has 6 atom stereocenters. The fourth-order valence-electron chi connectivity index (χ4n) is 7.03. The standard InChI is InChI=1S/C30H42N2O6/c1-5-9-18-31(17-6-2)27(35)25-30-16-15-29(7-3,38-30)24(28(36)37-8-4)23(30)26(34)32(25)22(20-33)19-21-13-11-10-12-14-21/h6,10-14,22-25,33H,2,5,7-9,15-20H2,1,3-4H3/t22-,23+,24-,25?,29+,30?/m1/s1. The Morgan fingerprint density at radius 2 is 2.00 bits per heavy atom. The Kier molecular flexibility index (Phi) is 8.62. The Balaban J connectivity index is 1.82. The van der Waals surface area contributed by atoms with Gasteiger partial charge in [0.25, 0.3) is 0 Å². The van der Waals surface area contributed by atoms with E-state index in [1.807, 2.05) is 37.3 Å². The first-order chi connectivity index (χ1) is 18.3. The summed E-state index contributed by atoms with van der Waals surface area (Å²) in [5, 5.41) is 10.6.